The fraction of sp³-hybridized carbons (Fsp3) is 0.421. The molecular weight excluding hydrogens is 350 g/mol. The van der Waals surface area contributed by atoms with Crippen LogP contribution >= 0.6 is 0 Å². The molecule has 0 N–H and O–H groups in total. The number of rotatable bonds is 6. The zero-order chi connectivity index (χ0) is 19.0. The van der Waals surface area contributed by atoms with E-state index < -0.39 is 12.2 Å². The standard InChI is InChI=1S/C19H19F4NO2/c20-16(12-24)3-1-2-14-4-8-17(9-5-14)25-13-15-6-10-18(11-7-15)26-19(21,22)23/h1-3,6-7,10-11,14,17H,4-5,8-9,13H2/b2-1+,16-3-/t14-,17-. The van der Waals surface area contributed by atoms with Crippen molar-refractivity contribution in [2.24, 2.45) is 5.92 Å². The van der Waals surface area contributed by atoms with Crippen LogP contribution in [0.1, 0.15) is 31.2 Å². The van der Waals surface area contributed by atoms with E-state index in [1.54, 1.807) is 18.2 Å². The fourth-order valence-corrected chi connectivity index (χ4v) is 2.78. The number of halogens is 4. The highest BCUT2D eigenvalue weighted by molar-refractivity contribution is 5.27. The lowest BCUT2D eigenvalue weighted by atomic mass is 9.87. The number of hydrogen-bond donors (Lipinski definition) is 0. The molecule has 1 aromatic rings. The quantitative estimate of drug-likeness (QED) is 0.373. The van der Waals surface area contributed by atoms with Gasteiger partial charge in [0.05, 0.1) is 12.7 Å². The van der Waals surface area contributed by atoms with Crippen molar-refractivity contribution >= 4 is 0 Å². The van der Waals surface area contributed by atoms with Gasteiger partial charge in [-0.2, -0.15) is 9.65 Å². The average Bonchev–Trinajstić information content (AvgIpc) is 2.61. The SMILES string of the molecule is N#C/C(F)=C/C=C/[C@H]1CC[C@H](OCc2ccc(OC(F)(F)F)cc2)CC1. The molecule has 3 nitrogen and oxygen atoms in total. The first-order valence-corrected chi connectivity index (χ1v) is 8.26. The molecule has 1 aliphatic rings. The molecule has 7 heteroatoms. The van der Waals surface area contributed by atoms with Crippen LogP contribution < -0.4 is 4.74 Å². The van der Waals surface area contributed by atoms with Crippen LogP contribution in [0.15, 0.2) is 48.3 Å². The highest BCUT2D eigenvalue weighted by Gasteiger charge is 2.31. The minimum atomic E-state index is -4.69. The average molecular weight is 369 g/mol. The van der Waals surface area contributed by atoms with Gasteiger partial charge in [0.2, 0.25) is 0 Å². The lowest BCUT2D eigenvalue weighted by molar-refractivity contribution is -0.274. The van der Waals surface area contributed by atoms with E-state index >= 15 is 0 Å². The maximum absolute atomic E-state index is 12.7. The van der Waals surface area contributed by atoms with Crippen LogP contribution in [0.5, 0.6) is 5.75 Å². The Labute approximate surface area is 149 Å². The third kappa shape index (κ3) is 7.28. The molecule has 1 saturated carbocycles. The summed E-state index contributed by atoms with van der Waals surface area (Å²) < 4.78 is 58.7. The molecule has 0 bridgehead atoms. The number of nitriles is 1. The van der Waals surface area contributed by atoms with Crippen molar-refractivity contribution in [3.8, 4) is 11.8 Å². The third-order valence-corrected chi connectivity index (χ3v) is 4.09. The molecule has 0 heterocycles. The van der Waals surface area contributed by atoms with Gasteiger partial charge in [-0.15, -0.1) is 13.2 Å². The number of benzene rings is 1. The molecule has 1 aliphatic carbocycles. The van der Waals surface area contributed by atoms with Crippen molar-refractivity contribution in [1.29, 1.82) is 5.26 Å². The summed E-state index contributed by atoms with van der Waals surface area (Å²) in [6.07, 6.45) is 3.53. The van der Waals surface area contributed by atoms with E-state index in [0.29, 0.717) is 12.5 Å². The first kappa shape index (κ1) is 20.0. The molecule has 26 heavy (non-hydrogen) atoms. The molecule has 0 amide bonds. The zero-order valence-electron chi connectivity index (χ0n) is 14.0. The van der Waals surface area contributed by atoms with Crippen LogP contribution in [-0.4, -0.2) is 12.5 Å². The van der Waals surface area contributed by atoms with Crippen LogP contribution in [0.25, 0.3) is 0 Å². The van der Waals surface area contributed by atoms with E-state index in [4.69, 9.17) is 10.00 Å². The second-order valence-electron chi connectivity index (χ2n) is 6.05. The highest BCUT2D eigenvalue weighted by atomic mass is 19.4. The Balaban J connectivity index is 1.72. The lowest BCUT2D eigenvalue weighted by Gasteiger charge is -2.26. The fourth-order valence-electron chi connectivity index (χ4n) is 2.78. The number of hydrogen-bond acceptors (Lipinski definition) is 3. The van der Waals surface area contributed by atoms with E-state index in [0.717, 1.165) is 37.3 Å². The van der Waals surface area contributed by atoms with E-state index in [2.05, 4.69) is 4.74 Å². The van der Waals surface area contributed by atoms with Gasteiger partial charge in [-0.05, 0) is 55.4 Å². The molecule has 0 aromatic heterocycles. The Hall–Kier alpha value is -2.33. The Bertz CT molecular complexity index is 666. The minimum Gasteiger partial charge on any atom is -0.406 e. The molecule has 140 valence electrons. The van der Waals surface area contributed by atoms with Gasteiger partial charge in [0.1, 0.15) is 11.8 Å². The van der Waals surface area contributed by atoms with Crippen molar-refractivity contribution in [2.45, 2.75) is 44.8 Å². The third-order valence-electron chi connectivity index (χ3n) is 4.09. The zero-order valence-corrected chi connectivity index (χ0v) is 14.0. The molecule has 0 radical (unpaired) electrons. The minimum absolute atomic E-state index is 0.0946. The van der Waals surface area contributed by atoms with Gasteiger partial charge >= 0.3 is 6.36 Å². The van der Waals surface area contributed by atoms with Crippen LogP contribution in [-0.2, 0) is 11.3 Å². The van der Waals surface area contributed by atoms with Gasteiger partial charge in [0.15, 0.2) is 5.83 Å². The van der Waals surface area contributed by atoms with Gasteiger partial charge < -0.3 is 9.47 Å². The first-order valence-electron chi connectivity index (χ1n) is 8.26. The highest BCUT2D eigenvalue weighted by Crippen LogP contribution is 2.28. The first-order chi connectivity index (χ1) is 12.4. The van der Waals surface area contributed by atoms with Crippen LogP contribution in [0.2, 0.25) is 0 Å². The number of nitrogens with zero attached hydrogens (tertiary/aromatic N) is 1. The summed E-state index contributed by atoms with van der Waals surface area (Å²) in [5.41, 5.74) is 0.777. The van der Waals surface area contributed by atoms with E-state index in [1.165, 1.54) is 18.2 Å². The predicted molar refractivity (Wildman–Crippen MR) is 87.6 cm³/mol. The largest absolute Gasteiger partial charge is 0.573 e. The number of allylic oxidation sites excluding steroid dienone is 4. The molecule has 1 fully saturated rings. The normalized spacial score (nSPS) is 21.6. The summed E-state index contributed by atoms with van der Waals surface area (Å²) in [6.45, 7) is 0.327. The summed E-state index contributed by atoms with van der Waals surface area (Å²) in [5.74, 6) is -0.739. The maximum atomic E-state index is 12.7. The van der Waals surface area contributed by atoms with Crippen molar-refractivity contribution in [3.05, 3.63) is 53.9 Å². The van der Waals surface area contributed by atoms with E-state index in [1.807, 2.05) is 6.08 Å². The Morgan fingerprint density at radius 1 is 1.15 bits per heavy atom. The molecule has 2 rings (SSSR count). The summed E-state index contributed by atoms with van der Waals surface area (Å²) in [5, 5.41) is 8.32. The van der Waals surface area contributed by atoms with Crippen molar-refractivity contribution in [2.75, 3.05) is 0 Å². The Morgan fingerprint density at radius 3 is 2.38 bits per heavy atom. The summed E-state index contributed by atoms with van der Waals surface area (Å²) in [4.78, 5) is 0. The van der Waals surface area contributed by atoms with Crippen molar-refractivity contribution in [1.82, 2.24) is 0 Å². The monoisotopic (exact) mass is 369 g/mol. The number of alkyl halides is 3. The Kier molecular flexibility index (Phi) is 7.22. The van der Waals surface area contributed by atoms with Crippen LogP contribution in [0, 0.1) is 17.2 Å². The summed E-state index contributed by atoms with van der Waals surface area (Å²) in [6, 6.07) is 7.04. The molecule has 0 unspecified atom stereocenters. The molecule has 0 spiro atoms. The maximum Gasteiger partial charge on any atom is 0.573 e. The molecule has 0 aliphatic heterocycles. The van der Waals surface area contributed by atoms with Gasteiger partial charge in [-0.3, -0.25) is 0 Å². The second kappa shape index (κ2) is 9.39. The van der Waals surface area contributed by atoms with Gasteiger partial charge in [0.25, 0.3) is 0 Å². The van der Waals surface area contributed by atoms with Crippen molar-refractivity contribution < 1.29 is 27.0 Å². The van der Waals surface area contributed by atoms with E-state index in [9.17, 15) is 17.6 Å². The predicted octanol–water partition coefficient (Wildman–Crippen LogP) is 5.59. The smallest absolute Gasteiger partial charge is 0.406 e. The summed E-state index contributed by atoms with van der Waals surface area (Å²) in [7, 11) is 0. The van der Waals surface area contributed by atoms with Crippen LogP contribution in [0.3, 0.4) is 0 Å². The lowest BCUT2D eigenvalue weighted by Crippen LogP contribution is -2.20. The molecular formula is C19H19F4NO2. The van der Waals surface area contributed by atoms with E-state index in [-0.39, 0.29) is 11.9 Å². The van der Waals surface area contributed by atoms with Crippen molar-refractivity contribution in [3.63, 3.8) is 0 Å². The Morgan fingerprint density at radius 2 is 1.81 bits per heavy atom. The van der Waals surface area contributed by atoms with Crippen LogP contribution in [0.4, 0.5) is 17.6 Å². The topological polar surface area (TPSA) is 42.2 Å². The molecule has 0 atom stereocenters. The number of ether oxygens (including phenoxy) is 2. The van der Waals surface area contributed by atoms with Gasteiger partial charge in [0, 0.05) is 0 Å². The second-order valence-corrected chi connectivity index (χ2v) is 6.05. The molecule has 0 saturated heterocycles. The van der Waals surface area contributed by atoms with Gasteiger partial charge in [-0.1, -0.05) is 24.3 Å². The molecule has 1 aromatic carbocycles. The van der Waals surface area contributed by atoms with Gasteiger partial charge in [-0.25, -0.2) is 0 Å². The summed E-state index contributed by atoms with van der Waals surface area (Å²) >= 11 is 0.